The van der Waals surface area contributed by atoms with Crippen LogP contribution in [0.15, 0.2) is 0 Å². The van der Waals surface area contributed by atoms with E-state index in [0.29, 0.717) is 10.9 Å². The van der Waals surface area contributed by atoms with E-state index in [1.165, 1.54) is 12.8 Å². The van der Waals surface area contributed by atoms with Crippen molar-refractivity contribution in [1.29, 1.82) is 0 Å². The molecule has 0 heterocycles. The lowest BCUT2D eigenvalue weighted by atomic mass is 9.92. The molecule has 1 fully saturated rings. The first-order valence-corrected chi connectivity index (χ1v) is 7.69. The van der Waals surface area contributed by atoms with Crippen LogP contribution < -0.4 is 5.73 Å². The molecule has 0 bridgehead atoms. The van der Waals surface area contributed by atoms with Crippen LogP contribution in [0.25, 0.3) is 0 Å². The monoisotopic (exact) mass is 249 g/mol. The van der Waals surface area contributed by atoms with Crippen molar-refractivity contribution in [1.82, 2.24) is 0 Å². The number of thiocarbonyl (C=S) groups is 1. The normalized spacial score (nSPS) is 20.3. The van der Waals surface area contributed by atoms with Crippen LogP contribution in [0, 0.1) is 11.8 Å². The van der Waals surface area contributed by atoms with Crippen LogP contribution in [0.2, 0.25) is 0 Å². The molecule has 3 nitrogen and oxygen atoms in total. The van der Waals surface area contributed by atoms with Crippen molar-refractivity contribution in [3.05, 3.63) is 0 Å². The summed E-state index contributed by atoms with van der Waals surface area (Å²) in [5.41, 5.74) is 5.65. The third kappa shape index (κ3) is 3.72. The number of nitrogens with two attached hydrogens (primary N) is 1. The highest BCUT2D eigenvalue weighted by molar-refractivity contribution is 7.91. The van der Waals surface area contributed by atoms with Gasteiger partial charge in [0.2, 0.25) is 0 Å². The largest absolute Gasteiger partial charge is 0.393 e. The average Bonchev–Trinajstić information content (AvgIpc) is 2.66. The zero-order valence-corrected chi connectivity index (χ0v) is 10.7. The molecule has 1 atom stereocenters. The van der Waals surface area contributed by atoms with E-state index < -0.39 is 9.84 Å². The summed E-state index contributed by atoms with van der Waals surface area (Å²) in [4.78, 5) is 0.374. The number of hydrogen-bond acceptors (Lipinski definition) is 3. The smallest absolute Gasteiger partial charge is 0.150 e. The Morgan fingerprint density at radius 2 is 2.00 bits per heavy atom. The van der Waals surface area contributed by atoms with Crippen molar-refractivity contribution in [2.45, 2.75) is 32.6 Å². The average molecular weight is 249 g/mol. The zero-order chi connectivity index (χ0) is 11.5. The second-order valence-electron chi connectivity index (χ2n) is 4.25. The molecule has 1 aliphatic rings. The summed E-state index contributed by atoms with van der Waals surface area (Å²) in [6.45, 7) is 1.67. The Labute approximate surface area is 97.3 Å². The van der Waals surface area contributed by atoms with Gasteiger partial charge in [-0.3, -0.25) is 0 Å². The molecule has 1 saturated carbocycles. The minimum absolute atomic E-state index is 0.104. The lowest BCUT2D eigenvalue weighted by Gasteiger charge is -2.21. The molecule has 0 unspecified atom stereocenters. The Hall–Kier alpha value is -0.160. The number of hydrogen-bond donors (Lipinski definition) is 1. The van der Waals surface area contributed by atoms with Gasteiger partial charge in [0, 0.05) is 11.7 Å². The van der Waals surface area contributed by atoms with Gasteiger partial charge < -0.3 is 5.73 Å². The highest BCUT2D eigenvalue weighted by Gasteiger charge is 2.30. The van der Waals surface area contributed by atoms with Crippen LogP contribution in [0.1, 0.15) is 32.6 Å². The Morgan fingerprint density at radius 1 is 1.47 bits per heavy atom. The van der Waals surface area contributed by atoms with Gasteiger partial charge in [-0.25, -0.2) is 8.42 Å². The van der Waals surface area contributed by atoms with Gasteiger partial charge in [-0.15, -0.1) is 0 Å². The Morgan fingerprint density at radius 3 is 2.40 bits per heavy atom. The molecular weight excluding hydrogens is 230 g/mol. The maximum Gasteiger partial charge on any atom is 0.150 e. The van der Waals surface area contributed by atoms with Crippen molar-refractivity contribution < 1.29 is 8.42 Å². The Kier molecular flexibility index (Phi) is 4.52. The molecule has 1 rings (SSSR count). The van der Waals surface area contributed by atoms with E-state index in [2.05, 4.69) is 0 Å². The maximum atomic E-state index is 11.6. The summed E-state index contributed by atoms with van der Waals surface area (Å²) in [6, 6.07) is 0. The van der Waals surface area contributed by atoms with Gasteiger partial charge in [0.05, 0.1) is 10.7 Å². The van der Waals surface area contributed by atoms with Gasteiger partial charge in [-0.2, -0.15) is 0 Å². The fraction of sp³-hybridized carbons (Fsp3) is 0.900. The Bertz CT molecular complexity index is 318. The fourth-order valence-corrected chi connectivity index (χ4v) is 3.82. The molecular formula is C10H19NO2S2. The van der Waals surface area contributed by atoms with E-state index in [1.54, 1.807) is 6.92 Å². The van der Waals surface area contributed by atoms with Crippen LogP contribution in [0.4, 0.5) is 0 Å². The molecule has 5 heteroatoms. The van der Waals surface area contributed by atoms with E-state index in [4.69, 9.17) is 18.0 Å². The van der Waals surface area contributed by atoms with Crippen LogP contribution in [-0.2, 0) is 9.84 Å². The number of rotatable bonds is 5. The van der Waals surface area contributed by atoms with Gasteiger partial charge in [0.1, 0.15) is 0 Å². The van der Waals surface area contributed by atoms with Gasteiger partial charge in [-0.05, 0) is 18.8 Å². The third-order valence-electron chi connectivity index (χ3n) is 3.21. The highest BCUT2D eigenvalue weighted by atomic mass is 32.2. The van der Waals surface area contributed by atoms with Crippen molar-refractivity contribution in [2.24, 2.45) is 17.6 Å². The molecule has 0 spiro atoms. The van der Waals surface area contributed by atoms with Gasteiger partial charge in [0.15, 0.2) is 9.84 Å². The molecule has 0 aliphatic heterocycles. The molecule has 0 aromatic rings. The van der Waals surface area contributed by atoms with Crippen molar-refractivity contribution >= 4 is 27.0 Å². The van der Waals surface area contributed by atoms with Crippen LogP contribution >= 0.6 is 12.2 Å². The van der Waals surface area contributed by atoms with Gasteiger partial charge in [-0.1, -0.05) is 32.0 Å². The molecule has 2 N–H and O–H groups in total. The summed E-state index contributed by atoms with van der Waals surface area (Å²) in [5.74, 6) is 0.610. The maximum absolute atomic E-state index is 11.6. The second kappa shape index (κ2) is 5.25. The van der Waals surface area contributed by atoms with Crippen molar-refractivity contribution in [3.63, 3.8) is 0 Å². The highest BCUT2D eigenvalue weighted by Crippen LogP contribution is 2.32. The summed E-state index contributed by atoms with van der Waals surface area (Å²) < 4.78 is 23.1. The van der Waals surface area contributed by atoms with Crippen molar-refractivity contribution in [2.75, 3.05) is 11.5 Å². The predicted octanol–water partition coefficient (Wildman–Crippen LogP) is 1.51. The molecule has 0 aromatic carbocycles. The lowest BCUT2D eigenvalue weighted by molar-refractivity contribution is 0.455. The van der Waals surface area contributed by atoms with E-state index in [1.807, 2.05) is 0 Å². The van der Waals surface area contributed by atoms with Gasteiger partial charge in [0.25, 0.3) is 0 Å². The summed E-state index contributed by atoms with van der Waals surface area (Å²) >= 11 is 4.98. The summed E-state index contributed by atoms with van der Waals surface area (Å²) in [6.07, 6.45) is 4.49. The third-order valence-corrected chi connectivity index (χ3v) is 5.26. The van der Waals surface area contributed by atoms with E-state index >= 15 is 0 Å². The van der Waals surface area contributed by atoms with Gasteiger partial charge >= 0.3 is 0 Å². The summed E-state index contributed by atoms with van der Waals surface area (Å²) in [7, 11) is -2.97. The SMILES string of the molecule is CCS(=O)(=O)C[C@H](C(N)=S)C1CCCC1. The second-order valence-corrected chi connectivity index (χ2v) is 7.12. The summed E-state index contributed by atoms with van der Waals surface area (Å²) in [5, 5.41) is 0. The minimum atomic E-state index is -2.97. The fourth-order valence-electron chi connectivity index (χ4n) is 2.20. The number of sulfone groups is 1. The molecule has 15 heavy (non-hydrogen) atoms. The first-order valence-electron chi connectivity index (χ1n) is 5.46. The zero-order valence-electron chi connectivity index (χ0n) is 9.11. The topological polar surface area (TPSA) is 60.2 Å². The molecule has 0 saturated heterocycles. The van der Waals surface area contributed by atoms with E-state index in [9.17, 15) is 8.42 Å². The Balaban J connectivity index is 2.70. The van der Waals surface area contributed by atoms with Crippen LogP contribution in [-0.4, -0.2) is 24.9 Å². The standard InChI is InChI=1S/C10H19NO2S2/c1-2-15(12,13)7-9(10(11)14)8-5-3-4-6-8/h8-9H,2-7H2,1H3,(H2,11,14)/t9-/m0/s1. The van der Waals surface area contributed by atoms with Crippen LogP contribution in [0.5, 0.6) is 0 Å². The first-order chi connectivity index (χ1) is 6.96. The van der Waals surface area contributed by atoms with Crippen LogP contribution in [0.3, 0.4) is 0 Å². The molecule has 0 radical (unpaired) electrons. The van der Waals surface area contributed by atoms with E-state index in [0.717, 1.165) is 12.8 Å². The molecule has 0 amide bonds. The quantitative estimate of drug-likeness (QED) is 0.750. The predicted molar refractivity (Wildman–Crippen MR) is 66.6 cm³/mol. The van der Waals surface area contributed by atoms with Crippen molar-refractivity contribution in [3.8, 4) is 0 Å². The molecule has 1 aliphatic carbocycles. The lowest BCUT2D eigenvalue weighted by Crippen LogP contribution is -2.33. The minimum Gasteiger partial charge on any atom is -0.393 e. The molecule has 0 aromatic heterocycles. The van der Waals surface area contributed by atoms with E-state index in [-0.39, 0.29) is 17.4 Å². The first kappa shape index (κ1) is 12.9. The molecule has 88 valence electrons.